The summed E-state index contributed by atoms with van der Waals surface area (Å²) in [6.45, 7) is -1.03. The van der Waals surface area contributed by atoms with Gasteiger partial charge in [0.05, 0.1) is 12.9 Å². The molecule has 0 radical (unpaired) electrons. The van der Waals surface area contributed by atoms with E-state index in [1.54, 1.807) is 18.2 Å². The van der Waals surface area contributed by atoms with Gasteiger partial charge in [-0.3, -0.25) is 9.78 Å². The van der Waals surface area contributed by atoms with Crippen LogP contribution in [0.5, 0.6) is 5.75 Å². The Morgan fingerprint density at radius 1 is 1.37 bits per heavy atom. The van der Waals surface area contributed by atoms with Crippen molar-refractivity contribution in [2.45, 2.75) is 12.6 Å². The molecule has 27 heavy (non-hydrogen) atoms. The van der Waals surface area contributed by atoms with Gasteiger partial charge in [0.1, 0.15) is 18.5 Å². The number of nitrogens with zero attached hydrogens (tertiary/aromatic N) is 3. The first-order valence-corrected chi connectivity index (χ1v) is 9.59. The topological polar surface area (TPSA) is 145 Å². The molecule has 4 N–H and O–H groups in total. The predicted molar refractivity (Wildman–Crippen MR) is 95.2 cm³/mol. The Kier molecular flexibility index (Phi) is 5.54. The summed E-state index contributed by atoms with van der Waals surface area (Å²) in [6.07, 6.45) is -0.499. The number of hydrogen-bond acceptors (Lipinski definition) is 7. The standard InChI is InChI=1S/C15H17FN5O5P/c16-6-11(25-9-27(23,24)26-10-4-2-1-3-5-10)7-21-8-18-12-13(21)19-15(17)20-14(12)22/h1-5,8,11H,6-7,9H2,(H,23,24)(H3,17,19,20,22). The van der Waals surface area contributed by atoms with Gasteiger partial charge in [-0.2, -0.15) is 4.98 Å². The lowest BCUT2D eigenvalue weighted by atomic mass is 10.3. The second kappa shape index (κ2) is 7.87. The smallest absolute Gasteiger partial charge is 0.402 e. The Morgan fingerprint density at radius 3 is 2.81 bits per heavy atom. The highest BCUT2D eigenvalue weighted by atomic mass is 31.2. The number of benzene rings is 1. The zero-order valence-electron chi connectivity index (χ0n) is 14.0. The van der Waals surface area contributed by atoms with E-state index in [9.17, 15) is 18.6 Å². The summed E-state index contributed by atoms with van der Waals surface area (Å²) in [7, 11) is -4.14. The molecule has 2 atom stereocenters. The first-order valence-electron chi connectivity index (χ1n) is 7.82. The third kappa shape index (κ3) is 4.70. The van der Waals surface area contributed by atoms with Crippen molar-refractivity contribution in [2.75, 3.05) is 18.8 Å². The molecular weight excluding hydrogens is 380 g/mol. The summed E-state index contributed by atoms with van der Waals surface area (Å²) in [6, 6.07) is 8.05. The summed E-state index contributed by atoms with van der Waals surface area (Å²) in [5.74, 6) is 0.0892. The first-order chi connectivity index (χ1) is 12.9. The van der Waals surface area contributed by atoms with E-state index in [-0.39, 0.29) is 29.4 Å². The maximum Gasteiger partial charge on any atom is 0.402 e. The number of ether oxygens (including phenoxy) is 1. The number of rotatable bonds is 8. The number of nitrogens with one attached hydrogen (secondary N) is 1. The minimum atomic E-state index is -4.14. The van der Waals surface area contributed by atoms with E-state index < -0.39 is 32.3 Å². The number of aromatic amines is 1. The van der Waals surface area contributed by atoms with Gasteiger partial charge in [0.25, 0.3) is 5.56 Å². The molecule has 2 heterocycles. The highest BCUT2D eigenvalue weighted by Gasteiger charge is 2.25. The molecule has 10 nitrogen and oxygen atoms in total. The number of para-hydroxylation sites is 1. The van der Waals surface area contributed by atoms with Crippen LogP contribution in [0.1, 0.15) is 0 Å². The van der Waals surface area contributed by atoms with Crippen molar-refractivity contribution in [3.63, 3.8) is 0 Å². The number of hydrogen-bond donors (Lipinski definition) is 3. The molecule has 0 bridgehead atoms. The zero-order valence-corrected chi connectivity index (χ0v) is 14.9. The Bertz CT molecular complexity index is 1020. The number of nitrogens with two attached hydrogens (primary N) is 1. The lowest BCUT2D eigenvalue weighted by molar-refractivity contribution is 0.0451. The van der Waals surface area contributed by atoms with Crippen molar-refractivity contribution in [3.05, 3.63) is 47.0 Å². The Balaban J connectivity index is 1.68. The molecular formula is C15H17FN5O5P. The van der Waals surface area contributed by atoms with Crippen LogP contribution in [0.2, 0.25) is 0 Å². The van der Waals surface area contributed by atoms with Crippen LogP contribution in [0.3, 0.4) is 0 Å². The van der Waals surface area contributed by atoms with Gasteiger partial charge in [0, 0.05) is 0 Å². The molecule has 0 amide bonds. The number of nitrogen functional groups attached to an aromatic ring is 1. The molecule has 3 aromatic rings. The lowest BCUT2D eigenvalue weighted by Gasteiger charge is -2.18. The molecule has 0 aliphatic heterocycles. The number of H-pyrrole nitrogens is 1. The predicted octanol–water partition coefficient (Wildman–Crippen LogP) is 1.28. The molecule has 0 saturated carbocycles. The summed E-state index contributed by atoms with van der Waals surface area (Å²) in [4.78, 5) is 31.8. The molecule has 0 aliphatic carbocycles. The van der Waals surface area contributed by atoms with Crippen LogP contribution in [0.4, 0.5) is 10.3 Å². The van der Waals surface area contributed by atoms with Gasteiger partial charge >= 0.3 is 7.60 Å². The molecule has 2 unspecified atom stereocenters. The van der Waals surface area contributed by atoms with Gasteiger partial charge in [-0.25, -0.2) is 13.9 Å². The van der Waals surface area contributed by atoms with Crippen LogP contribution in [0, 0.1) is 0 Å². The molecule has 2 aromatic heterocycles. The SMILES string of the molecule is Nc1nc2c(ncn2CC(CF)OCP(=O)(O)Oc2ccccc2)c(=O)[nH]1. The van der Waals surface area contributed by atoms with Crippen molar-refractivity contribution < 1.29 is 23.1 Å². The third-order valence-corrected chi connectivity index (χ3v) is 4.50. The Labute approximate surface area is 152 Å². The van der Waals surface area contributed by atoms with E-state index in [1.165, 1.54) is 23.0 Å². The average Bonchev–Trinajstić information content (AvgIpc) is 3.02. The number of fused-ring (bicyclic) bond motifs is 1. The highest BCUT2D eigenvalue weighted by molar-refractivity contribution is 7.53. The highest BCUT2D eigenvalue weighted by Crippen LogP contribution is 2.42. The van der Waals surface area contributed by atoms with Crippen LogP contribution < -0.4 is 15.8 Å². The second-order valence-electron chi connectivity index (χ2n) is 5.63. The van der Waals surface area contributed by atoms with E-state index in [0.717, 1.165) is 0 Å². The van der Waals surface area contributed by atoms with Crippen LogP contribution in [-0.2, 0) is 15.8 Å². The molecule has 12 heteroatoms. The second-order valence-corrected chi connectivity index (χ2v) is 7.35. The molecule has 1 aromatic carbocycles. The van der Waals surface area contributed by atoms with Gasteiger partial charge in [-0.1, -0.05) is 18.2 Å². The Morgan fingerprint density at radius 2 is 2.11 bits per heavy atom. The fraction of sp³-hybridized carbons (Fsp3) is 0.267. The fourth-order valence-corrected chi connectivity index (χ4v) is 3.24. The largest absolute Gasteiger partial charge is 0.423 e. The van der Waals surface area contributed by atoms with Gasteiger partial charge in [0.15, 0.2) is 17.5 Å². The van der Waals surface area contributed by atoms with Crippen molar-refractivity contribution in [1.82, 2.24) is 19.5 Å². The zero-order chi connectivity index (χ0) is 19.4. The number of imidazole rings is 1. The summed E-state index contributed by atoms with van der Waals surface area (Å²) < 4.78 is 37.0. The van der Waals surface area contributed by atoms with Crippen molar-refractivity contribution in [1.29, 1.82) is 0 Å². The van der Waals surface area contributed by atoms with E-state index in [2.05, 4.69) is 15.0 Å². The van der Waals surface area contributed by atoms with E-state index in [1.807, 2.05) is 0 Å². The van der Waals surface area contributed by atoms with Crippen LogP contribution in [0.25, 0.3) is 11.2 Å². The van der Waals surface area contributed by atoms with Crippen LogP contribution in [0.15, 0.2) is 41.5 Å². The van der Waals surface area contributed by atoms with E-state index in [4.69, 9.17) is 15.0 Å². The Hall–Kier alpha value is -2.75. The fourth-order valence-electron chi connectivity index (χ4n) is 2.34. The number of alkyl halides is 1. The molecule has 144 valence electrons. The number of aromatic nitrogens is 4. The van der Waals surface area contributed by atoms with Crippen LogP contribution in [-0.4, -0.2) is 43.5 Å². The number of halogens is 1. The van der Waals surface area contributed by atoms with Gasteiger partial charge in [0.2, 0.25) is 5.95 Å². The maximum atomic E-state index is 13.3. The normalized spacial score (nSPS) is 14.7. The van der Waals surface area contributed by atoms with E-state index in [0.29, 0.717) is 0 Å². The average molecular weight is 397 g/mol. The minimum absolute atomic E-state index is 0.0436. The van der Waals surface area contributed by atoms with Gasteiger partial charge < -0.3 is 24.5 Å². The number of anilines is 1. The van der Waals surface area contributed by atoms with Gasteiger partial charge in [-0.05, 0) is 12.1 Å². The molecule has 3 rings (SSSR count). The van der Waals surface area contributed by atoms with Crippen molar-refractivity contribution in [3.8, 4) is 5.75 Å². The molecule has 0 aliphatic rings. The first kappa shape index (κ1) is 19.0. The molecule has 0 saturated heterocycles. The lowest BCUT2D eigenvalue weighted by Crippen LogP contribution is -2.23. The summed E-state index contributed by atoms with van der Waals surface area (Å²) in [5, 5.41) is 0. The van der Waals surface area contributed by atoms with Gasteiger partial charge in [-0.15, -0.1) is 0 Å². The van der Waals surface area contributed by atoms with Crippen LogP contribution >= 0.6 is 7.60 Å². The molecule has 0 spiro atoms. The molecule has 0 fully saturated rings. The summed E-state index contributed by atoms with van der Waals surface area (Å²) in [5.41, 5.74) is 5.18. The van der Waals surface area contributed by atoms with Crippen molar-refractivity contribution in [2.24, 2.45) is 0 Å². The minimum Gasteiger partial charge on any atom is -0.423 e. The monoisotopic (exact) mass is 397 g/mol. The summed E-state index contributed by atoms with van der Waals surface area (Å²) >= 11 is 0. The van der Waals surface area contributed by atoms with Crippen molar-refractivity contribution >= 4 is 24.7 Å². The quantitative estimate of drug-likeness (QED) is 0.482. The maximum absolute atomic E-state index is 13.3. The van der Waals surface area contributed by atoms with E-state index >= 15 is 0 Å². The third-order valence-electron chi connectivity index (χ3n) is 3.53.